The normalized spacial score (nSPS) is 11.5. The lowest BCUT2D eigenvalue weighted by molar-refractivity contribution is -0.118. The minimum absolute atomic E-state index is 0. The molecule has 0 spiro atoms. The van der Waals surface area contributed by atoms with Crippen LogP contribution in [0.1, 0.15) is 5.56 Å². The van der Waals surface area contributed by atoms with Gasteiger partial charge in [-0.15, -0.1) is 12.4 Å². The van der Waals surface area contributed by atoms with Crippen LogP contribution in [0.2, 0.25) is 0 Å². The summed E-state index contributed by atoms with van der Waals surface area (Å²) >= 11 is 1.28. The molecule has 0 radical (unpaired) electrons. The molecule has 6 nitrogen and oxygen atoms in total. The molecule has 0 fully saturated rings. The van der Waals surface area contributed by atoms with E-state index in [0.29, 0.717) is 34.0 Å². The number of carbonyl (C=O) groups excluding carboxylic acids is 1. The van der Waals surface area contributed by atoms with E-state index in [2.05, 4.69) is 4.98 Å². The molecule has 0 unspecified atom stereocenters. The average Bonchev–Trinajstić information content (AvgIpc) is 3.05. The van der Waals surface area contributed by atoms with Gasteiger partial charge in [-0.25, -0.2) is 17.8 Å². The molecular formula is C20H23ClFN3O3S2. The van der Waals surface area contributed by atoms with Gasteiger partial charge in [-0.1, -0.05) is 23.5 Å². The monoisotopic (exact) mass is 471 g/mol. The third-order valence-corrected chi connectivity index (χ3v) is 6.50. The lowest BCUT2D eigenvalue weighted by Crippen LogP contribution is -2.37. The second-order valence-corrected chi connectivity index (χ2v) is 10.1. The number of rotatable bonds is 7. The summed E-state index contributed by atoms with van der Waals surface area (Å²) in [5, 5.41) is 0.514. The molecule has 0 saturated heterocycles. The van der Waals surface area contributed by atoms with Crippen LogP contribution in [0.3, 0.4) is 0 Å². The van der Waals surface area contributed by atoms with Crippen molar-refractivity contribution >= 4 is 54.8 Å². The summed E-state index contributed by atoms with van der Waals surface area (Å²) in [5.74, 6) is -0.501. The third kappa shape index (κ3) is 5.98. The van der Waals surface area contributed by atoms with Gasteiger partial charge >= 0.3 is 0 Å². The van der Waals surface area contributed by atoms with E-state index in [1.807, 2.05) is 19.0 Å². The Bertz CT molecular complexity index is 1130. The molecule has 3 aromatic rings. The number of hydrogen-bond acceptors (Lipinski definition) is 6. The summed E-state index contributed by atoms with van der Waals surface area (Å²) in [5.41, 5.74) is 1.36. The van der Waals surface area contributed by atoms with Crippen molar-refractivity contribution in [3.8, 4) is 0 Å². The minimum Gasteiger partial charge on any atom is -0.308 e. The molecule has 0 bridgehead atoms. The topological polar surface area (TPSA) is 70.6 Å². The van der Waals surface area contributed by atoms with Crippen molar-refractivity contribution in [3.05, 3.63) is 53.8 Å². The molecule has 1 amide bonds. The number of aromatic nitrogens is 1. The Labute approximate surface area is 185 Å². The number of likely N-dealkylation sites (N-methyl/N-ethyl adjacent to an activating group) is 1. The van der Waals surface area contributed by atoms with Gasteiger partial charge in [0.25, 0.3) is 0 Å². The molecule has 10 heteroatoms. The Morgan fingerprint density at radius 1 is 1.10 bits per heavy atom. The van der Waals surface area contributed by atoms with Crippen LogP contribution in [-0.2, 0) is 21.1 Å². The number of amides is 1. The highest BCUT2D eigenvalue weighted by atomic mass is 35.5. The van der Waals surface area contributed by atoms with E-state index in [1.165, 1.54) is 29.5 Å². The SMILES string of the molecule is CN(C)CCN(C(=O)Cc1ccc(F)cc1)c1nc2ccc(S(C)(=O)=O)cc2s1.Cl. The molecule has 3 rings (SSSR count). The first-order valence-electron chi connectivity index (χ1n) is 8.93. The molecule has 0 aliphatic heterocycles. The molecular weight excluding hydrogens is 449 g/mol. The fourth-order valence-corrected chi connectivity index (χ4v) is 4.51. The molecule has 0 saturated carbocycles. The van der Waals surface area contributed by atoms with Gasteiger partial charge in [-0.3, -0.25) is 9.69 Å². The predicted octanol–water partition coefficient (Wildman–Crippen LogP) is 3.40. The van der Waals surface area contributed by atoms with Crippen molar-refractivity contribution in [1.29, 1.82) is 0 Å². The highest BCUT2D eigenvalue weighted by Gasteiger charge is 2.21. The van der Waals surface area contributed by atoms with Crippen LogP contribution in [0.15, 0.2) is 47.4 Å². The Balaban J connectivity index is 0.00000320. The van der Waals surface area contributed by atoms with Crippen LogP contribution in [0.5, 0.6) is 0 Å². The Morgan fingerprint density at radius 2 is 1.77 bits per heavy atom. The van der Waals surface area contributed by atoms with Gasteiger partial charge < -0.3 is 4.90 Å². The number of sulfone groups is 1. The highest BCUT2D eigenvalue weighted by Crippen LogP contribution is 2.31. The van der Waals surface area contributed by atoms with Crippen LogP contribution < -0.4 is 4.90 Å². The summed E-state index contributed by atoms with van der Waals surface area (Å²) in [6.07, 6.45) is 1.28. The van der Waals surface area contributed by atoms with Gasteiger partial charge in [0.05, 0.1) is 21.5 Å². The first-order valence-corrected chi connectivity index (χ1v) is 11.6. The number of nitrogens with zero attached hydrogens (tertiary/aromatic N) is 3. The summed E-state index contributed by atoms with van der Waals surface area (Å²) in [6.45, 7) is 1.07. The predicted molar refractivity (Wildman–Crippen MR) is 121 cm³/mol. The summed E-state index contributed by atoms with van der Waals surface area (Å²) < 4.78 is 37.5. The molecule has 162 valence electrons. The summed E-state index contributed by atoms with van der Waals surface area (Å²) in [7, 11) is 0.506. The molecule has 1 aromatic heterocycles. The second kappa shape index (κ2) is 9.82. The zero-order valence-corrected chi connectivity index (χ0v) is 19.3. The van der Waals surface area contributed by atoms with Gasteiger partial charge in [0.2, 0.25) is 5.91 Å². The molecule has 0 N–H and O–H groups in total. The van der Waals surface area contributed by atoms with Crippen molar-refractivity contribution in [1.82, 2.24) is 9.88 Å². The van der Waals surface area contributed by atoms with Gasteiger partial charge in [0, 0.05) is 19.3 Å². The van der Waals surface area contributed by atoms with E-state index in [1.54, 1.807) is 29.2 Å². The number of fused-ring (bicyclic) bond motifs is 1. The largest absolute Gasteiger partial charge is 0.308 e. The van der Waals surface area contributed by atoms with Crippen molar-refractivity contribution in [3.63, 3.8) is 0 Å². The van der Waals surface area contributed by atoms with E-state index < -0.39 is 9.84 Å². The smallest absolute Gasteiger partial charge is 0.233 e. The average molecular weight is 472 g/mol. The Morgan fingerprint density at radius 3 is 2.37 bits per heavy atom. The first kappa shape index (κ1) is 24.2. The van der Waals surface area contributed by atoms with Crippen LogP contribution >= 0.6 is 23.7 Å². The molecule has 2 aromatic carbocycles. The number of carbonyl (C=O) groups is 1. The van der Waals surface area contributed by atoms with E-state index >= 15 is 0 Å². The Kier molecular flexibility index (Phi) is 7.93. The van der Waals surface area contributed by atoms with E-state index in [9.17, 15) is 17.6 Å². The minimum atomic E-state index is -3.33. The molecule has 0 atom stereocenters. The highest BCUT2D eigenvalue weighted by molar-refractivity contribution is 7.90. The number of halogens is 2. The lowest BCUT2D eigenvalue weighted by atomic mass is 10.1. The zero-order chi connectivity index (χ0) is 21.2. The van der Waals surface area contributed by atoms with Crippen molar-refractivity contribution in [2.24, 2.45) is 0 Å². The van der Waals surface area contributed by atoms with E-state index in [-0.39, 0.29) is 35.4 Å². The first-order chi connectivity index (χ1) is 13.6. The summed E-state index contributed by atoms with van der Waals surface area (Å²) in [6, 6.07) is 10.6. The fourth-order valence-electron chi connectivity index (χ4n) is 2.74. The van der Waals surface area contributed by atoms with Crippen LogP contribution in [0.25, 0.3) is 10.2 Å². The molecule has 0 aliphatic rings. The quantitative estimate of drug-likeness (QED) is 0.528. The number of anilines is 1. The van der Waals surface area contributed by atoms with Gasteiger partial charge in [0.1, 0.15) is 5.82 Å². The maximum atomic E-state index is 13.1. The van der Waals surface area contributed by atoms with Crippen LogP contribution in [0.4, 0.5) is 9.52 Å². The van der Waals surface area contributed by atoms with E-state index in [0.717, 1.165) is 6.26 Å². The Hall–Kier alpha value is -2.07. The van der Waals surface area contributed by atoms with Crippen molar-refractivity contribution in [2.45, 2.75) is 11.3 Å². The maximum Gasteiger partial charge on any atom is 0.233 e. The maximum absolute atomic E-state index is 13.1. The summed E-state index contributed by atoms with van der Waals surface area (Å²) in [4.78, 5) is 21.3. The number of thiazole rings is 1. The van der Waals surface area contributed by atoms with Gasteiger partial charge in [-0.05, 0) is 50.0 Å². The van der Waals surface area contributed by atoms with E-state index in [4.69, 9.17) is 0 Å². The van der Waals surface area contributed by atoms with Crippen molar-refractivity contribution < 1.29 is 17.6 Å². The van der Waals surface area contributed by atoms with Gasteiger partial charge in [0.15, 0.2) is 15.0 Å². The molecule has 1 heterocycles. The standard InChI is InChI=1S/C20H22FN3O3S2.ClH/c1-23(2)10-11-24(19(25)12-14-4-6-15(21)7-5-14)20-22-17-9-8-16(29(3,26)27)13-18(17)28-20;/h4-9,13H,10-12H2,1-3H3;1H. The number of hydrogen-bond donors (Lipinski definition) is 0. The zero-order valence-electron chi connectivity index (χ0n) is 16.8. The second-order valence-electron chi connectivity index (χ2n) is 7.05. The van der Waals surface area contributed by atoms with Crippen LogP contribution in [-0.4, -0.2) is 57.6 Å². The lowest BCUT2D eigenvalue weighted by Gasteiger charge is -2.22. The molecule has 30 heavy (non-hydrogen) atoms. The third-order valence-electron chi connectivity index (χ3n) is 4.35. The van der Waals surface area contributed by atoms with Gasteiger partial charge in [-0.2, -0.15) is 0 Å². The molecule has 0 aliphatic carbocycles. The fraction of sp³-hybridized carbons (Fsp3) is 0.300. The van der Waals surface area contributed by atoms with Crippen molar-refractivity contribution in [2.75, 3.05) is 38.3 Å². The van der Waals surface area contributed by atoms with Crippen LogP contribution in [0, 0.1) is 5.82 Å². The number of benzene rings is 2.